The van der Waals surface area contributed by atoms with E-state index in [1.54, 1.807) is 0 Å². The van der Waals surface area contributed by atoms with E-state index in [4.69, 9.17) is 10.8 Å². The summed E-state index contributed by atoms with van der Waals surface area (Å²) in [6.07, 6.45) is 1.10. The normalized spacial score (nSPS) is 25.7. The second-order valence-corrected chi connectivity index (χ2v) is 6.24. The fourth-order valence-electron chi connectivity index (χ4n) is 3.50. The molecule has 0 amide bonds. The van der Waals surface area contributed by atoms with Crippen molar-refractivity contribution < 1.29 is 14.3 Å². The van der Waals surface area contributed by atoms with Crippen LogP contribution in [-0.4, -0.2) is 40.2 Å². The molecule has 7 nitrogen and oxygen atoms in total. The number of aromatic nitrogens is 2. The van der Waals surface area contributed by atoms with Crippen LogP contribution in [0.1, 0.15) is 15.9 Å². The Balaban J connectivity index is 1.86. The number of carboxylic acid groups (broad SMARTS) is 1. The summed E-state index contributed by atoms with van der Waals surface area (Å²) in [7, 11) is 0. The van der Waals surface area contributed by atoms with Gasteiger partial charge in [0.1, 0.15) is 11.2 Å². The minimum Gasteiger partial charge on any atom is -0.477 e. The van der Waals surface area contributed by atoms with Crippen LogP contribution in [-0.2, 0) is 0 Å². The molecule has 4 N–H and O–H groups in total. The van der Waals surface area contributed by atoms with Gasteiger partial charge in [0.2, 0.25) is 5.43 Å². The number of H-pyrrole nitrogens is 1. The van der Waals surface area contributed by atoms with Crippen LogP contribution in [0.25, 0.3) is 11.0 Å². The standard InChI is InChI=1S/C15H15FN4O3/c1-5-9-12(21)6(15(22)23)2-18-13(9)19-14(10(5)16)20-3-7-8(4-20)11(7)17/h2,7-8,11H,3-4,17H2,1H3,(H,22,23)(H,18,19,21)/t7-,8+,11?. The van der Waals surface area contributed by atoms with Crippen LogP contribution < -0.4 is 16.1 Å². The van der Waals surface area contributed by atoms with Gasteiger partial charge in [-0.05, 0) is 18.8 Å². The van der Waals surface area contributed by atoms with E-state index in [1.807, 2.05) is 4.90 Å². The van der Waals surface area contributed by atoms with Crippen LogP contribution in [0.3, 0.4) is 0 Å². The van der Waals surface area contributed by atoms with Gasteiger partial charge in [-0.1, -0.05) is 0 Å². The monoisotopic (exact) mass is 318 g/mol. The number of aromatic carboxylic acids is 1. The highest BCUT2D eigenvalue weighted by atomic mass is 19.1. The fraction of sp³-hybridized carbons (Fsp3) is 0.400. The molecule has 120 valence electrons. The van der Waals surface area contributed by atoms with E-state index in [0.29, 0.717) is 24.9 Å². The third-order valence-corrected chi connectivity index (χ3v) is 4.97. The predicted octanol–water partition coefficient (Wildman–Crippen LogP) is 0.462. The molecule has 1 saturated heterocycles. The quantitative estimate of drug-likeness (QED) is 0.741. The Hall–Kier alpha value is -2.48. The molecule has 4 rings (SSSR count). The van der Waals surface area contributed by atoms with E-state index < -0.39 is 22.8 Å². The van der Waals surface area contributed by atoms with Crippen LogP contribution in [0.15, 0.2) is 11.0 Å². The topological polar surface area (TPSA) is 112 Å². The number of nitrogens with two attached hydrogens (primary N) is 1. The molecule has 0 bridgehead atoms. The molecule has 2 fully saturated rings. The molecule has 1 aliphatic heterocycles. The van der Waals surface area contributed by atoms with Crippen LogP contribution in [0.4, 0.5) is 10.2 Å². The molecule has 2 aliphatic rings. The van der Waals surface area contributed by atoms with Crippen LogP contribution in [0.2, 0.25) is 0 Å². The van der Waals surface area contributed by atoms with Gasteiger partial charge in [-0.2, -0.15) is 0 Å². The van der Waals surface area contributed by atoms with Gasteiger partial charge >= 0.3 is 5.97 Å². The van der Waals surface area contributed by atoms with Gasteiger partial charge in [0.05, 0.1) is 5.39 Å². The SMILES string of the molecule is Cc1c(F)c(N2C[C@@H]3C(N)[C@@H]3C2)nc2[nH]cc(C(=O)O)c(=O)c12. The van der Waals surface area contributed by atoms with Crippen molar-refractivity contribution in [1.82, 2.24) is 9.97 Å². The molecular formula is C15H15FN4O3. The van der Waals surface area contributed by atoms with Crippen molar-refractivity contribution in [3.8, 4) is 0 Å². The molecule has 23 heavy (non-hydrogen) atoms. The minimum atomic E-state index is -1.36. The van der Waals surface area contributed by atoms with Gasteiger partial charge in [-0.15, -0.1) is 0 Å². The molecule has 0 aromatic carbocycles. The maximum atomic E-state index is 14.7. The number of fused-ring (bicyclic) bond motifs is 2. The molecule has 8 heteroatoms. The summed E-state index contributed by atoms with van der Waals surface area (Å²) < 4.78 is 14.7. The third kappa shape index (κ3) is 1.88. The summed E-state index contributed by atoms with van der Waals surface area (Å²) in [5.41, 5.74) is 5.04. The van der Waals surface area contributed by atoms with Crippen LogP contribution in [0.5, 0.6) is 0 Å². The zero-order valence-electron chi connectivity index (χ0n) is 12.3. The number of hydrogen-bond acceptors (Lipinski definition) is 5. The first-order chi connectivity index (χ1) is 10.9. The van der Waals surface area contributed by atoms with E-state index in [0.717, 1.165) is 6.20 Å². The summed E-state index contributed by atoms with van der Waals surface area (Å²) in [5.74, 6) is -1.000. The summed E-state index contributed by atoms with van der Waals surface area (Å²) in [6, 6.07) is 0.189. The number of aromatic amines is 1. The van der Waals surface area contributed by atoms with Crippen molar-refractivity contribution in [1.29, 1.82) is 0 Å². The lowest BCUT2D eigenvalue weighted by atomic mass is 10.1. The van der Waals surface area contributed by atoms with E-state index in [1.165, 1.54) is 6.92 Å². The lowest BCUT2D eigenvalue weighted by Gasteiger charge is -2.22. The number of piperidine rings is 1. The van der Waals surface area contributed by atoms with E-state index in [2.05, 4.69) is 9.97 Å². The first-order valence-corrected chi connectivity index (χ1v) is 7.35. The number of hydrogen-bond donors (Lipinski definition) is 3. The predicted molar refractivity (Wildman–Crippen MR) is 81.2 cm³/mol. The van der Waals surface area contributed by atoms with Gasteiger partial charge in [0, 0.05) is 30.9 Å². The van der Waals surface area contributed by atoms with Crippen molar-refractivity contribution in [2.24, 2.45) is 17.6 Å². The summed E-state index contributed by atoms with van der Waals surface area (Å²) in [6.45, 7) is 2.77. The first-order valence-electron chi connectivity index (χ1n) is 7.35. The van der Waals surface area contributed by atoms with Gasteiger partial charge in [-0.25, -0.2) is 14.2 Å². The summed E-state index contributed by atoms with van der Waals surface area (Å²) in [5, 5.41) is 9.00. The molecule has 3 heterocycles. The van der Waals surface area contributed by atoms with Crippen molar-refractivity contribution in [3.05, 3.63) is 33.4 Å². The molecular weight excluding hydrogens is 303 g/mol. The molecule has 2 aromatic heterocycles. The second kappa shape index (κ2) is 4.51. The average Bonchev–Trinajstić information content (AvgIpc) is 2.93. The van der Waals surface area contributed by atoms with E-state index in [9.17, 15) is 14.0 Å². The van der Waals surface area contributed by atoms with Crippen LogP contribution in [0, 0.1) is 24.6 Å². The number of halogens is 1. The number of pyridine rings is 2. The number of anilines is 1. The Labute approximate surface area is 129 Å². The van der Waals surface area contributed by atoms with Crippen molar-refractivity contribution >= 4 is 22.8 Å². The Morgan fingerprint density at radius 3 is 2.74 bits per heavy atom. The first kappa shape index (κ1) is 14.1. The van der Waals surface area contributed by atoms with Gasteiger partial charge in [-0.3, -0.25) is 4.79 Å². The maximum Gasteiger partial charge on any atom is 0.341 e. The molecule has 1 saturated carbocycles. The Morgan fingerprint density at radius 2 is 2.13 bits per heavy atom. The van der Waals surface area contributed by atoms with Gasteiger partial charge in [0.25, 0.3) is 0 Å². The Kier molecular flexibility index (Phi) is 2.77. The molecule has 2 aromatic rings. The maximum absolute atomic E-state index is 14.7. The smallest absolute Gasteiger partial charge is 0.341 e. The second-order valence-electron chi connectivity index (χ2n) is 6.24. The van der Waals surface area contributed by atoms with Crippen molar-refractivity contribution in [2.45, 2.75) is 13.0 Å². The number of rotatable bonds is 2. The Bertz CT molecular complexity index is 898. The largest absolute Gasteiger partial charge is 0.477 e. The Morgan fingerprint density at radius 1 is 1.48 bits per heavy atom. The number of aryl methyl sites for hydroxylation is 1. The van der Waals surface area contributed by atoms with Gasteiger partial charge in [0.15, 0.2) is 11.6 Å². The third-order valence-electron chi connectivity index (χ3n) is 4.97. The molecule has 3 atom stereocenters. The molecule has 1 aliphatic carbocycles. The number of nitrogens with zero attached hydrogens (tertiary/aromatic N) is 2. The van der Waals surface area contributed by atoms with Crippen molar-refractivity contribution in [3.63, 3.8) is 0 Å². The highest BCUT2D eigenvalue weighted by Crippen LogP contribution is 2.45. The molecule has 0 spiro atoms. The summed E-state index contributed by atoms with van der Waals surface area (Å²) >= 11 is 0. The zero-order valence-corrected chi connectivity index (χ0v) is 12.3. The lowest BCUT2D eigenvalue weighted by Crippen LogP contribution is -2.30. The zero-order chi connectivity index (χ0) is 16.5. The number of carboxylic acids is 1. The number of nitrogens with one attached hydrogen (secondary N) is 1. The average molecular weight is 318 g/mol. The molecule has 0 radical (unpaired) electrons. The fourth-order valence-corrected chi connectivity index (χ4v) is 3.50. The minimum absolute atomic E-state index is 0.0211. The highest BCUT2D eigenvalue weighted by Gasteiger charge is 2.54. The van der Waals surface area contributed by atoms with Crippen LogP contribution >= 0.6 is 0 Å². The van der Waals surface area contributed by atoms with E-state index in [-0.39, 0.29) is 28.5 Å². The van der Waals surface area contributed by atoms with Crippen molar-refractivity contribution in [2.75, 3.05) is 18.0 Å². The number of carbonyl (C=O) groups is 1. The molecule has 1 unspecified atom stereocenters. The summed E-state index contributed by atoms with van der Waals surface area (Å²) in [4.78, 5) is 32.0. The van der Waals surface area contributed by atoms with Gasteiger partial charge < -0.3 is 20.7 Å². The lowest BCUT2D eigenvalue weighted by molar-refractivity contribution is 0.0695. The van der Waals surface area contributed by atoms with E-state index >= 15 is 0 Å². The highest BCUT2D eigenvalue weighted by molar-refractivity contribution is 5.92.